The van der Waals surface area contributed by atoms with Gasteiger partial charge in [-0.1, -0.05) is 23.7 Å². The number of nitrogens with zero attached hydrogens (tertiary/aromatic N) is 1. The second-order valence-electron chi connectivity index (χ2n) is 3.15. The van der Waals surface area contributed by atoms with Gasteiger partial charge in [0.25, 0.3) is 0 Å². The third-order valence-electron chi connectivity index (χ3n) is 1.98. The van der Waals surface area contributed by atoms with Gasteiger partial charge in [-0.05, 0) is 12.1 Å². The summed E-state index contributed by atoms with van der Waals surface area (Å²) in [6, 6.07) is 6.66. The van der Waals surface area contributed by atoms with E-state index < -0.39 is 11.9 Å². The first-order valence-corrected chi connectivity index (χ1v) is 4.96. The van der Waals surface area contributed by atoms with Crippen LogP contribution in [0.2, 0.25) is 5.02 Å². The number of esters is 1. The number of ether oxygens (including phenoxy) is 1. The second kappa shape index (κ2) is 4.39. The van der Waals surface area contributed by atoms with Crippen LogP contribution in [0, 0.1) is 0 Å². The van der Waals surface area contributed by atoms with Crippen molar-refractivity contribution < 1.29 is 19.4 Å². The Morgan fingerprint density at radius 2 is 2.12 bits per heavy atom. The summed E-state index contributed by atoms with van der Waals surface area (Å²) < 4.78 is 4.84. The van der Waals surface area contributed by atoms with E-state index in [4.69, 9.17) is 21.4 Å². The highest BCUT2D eigenvalue weighted by Gasteiger charge is 2.26. The first-order valence-electron chi connectivity index (χ1n) is 4.58. The molecule has 0 radical (unpaired) electrons. The summed E-state index contributed by atoms with van der Waals surface area (Å²) in [6.07, 6.45) is 0.687. The molecular formula is C11H6ClNO4. The number of halogens is 1. The van der Waals surface area contributed by atoms with Crippen molar-refractivity contribution in [3.05, 3.63) is 46.6 Å². The van der Waals surface area contributed by atoms with E-state index >= 15 is 0 Å². The molecule has 17 heavy (non-hydrogen) atoms. The van der Waals surface area contributed by atoms with E-state index in [-0.39, 0.29) is 11.6 Å². The van der Waals surface area contributed by atoms with Crippen molar-refractivity contribution >= 4 is 29.4 Å². The summed E-state index contributed by atoms with van der Waals surface area (Å²) >= 11 is 5.90. The van der Waals surface area contributed by atoms with Gasteiger partial charge in [0.05, 0.1) is 16.7 Å². The molecule has 0 bridgehead atoms. The van der Waals surface area contributed by atoms with Gasteiger partial charge in [-0.2, -0.15) is 0 Å². The lowest BCUT2D eigenvalue weighted by molar-refractivity contribution is -0.133. The van der Waals surface area contributed by atoms with Crippen LogP contribution in [0.5, 0.6) is 0 Å². The standard InChI is InChI=1S/C11H6ClNO4/c12-7-4-2-1-3-6(7)10-13-8(5-9(14)15)11(16)17-10/h1-5H,(H,14,15)/b8-5+. The molecule has 1 aliphatic rings. The van der Waals surface area contributed by atoms with Crippen molar-refractivity contribution in [2.45, 2.75) is 0 Å². The van der Waals surface area contributed by atoms with Gasteiger partial charge in [0.15, 0.2) is 5.70 Å². The molecule has 0 unspecified atom stereocenters. The Hall–Kier alpha value is -2.14. The molecule has 0 aromatic heterocycles. The monoisotopic (exact) mass is 251 g/mol. The average molecular weight is 252 g/mol. The molecule has 2 rings (SSSR count). The highest BCUT2D eigenvalue weighted by atomic mass is 35.5. The van der Waals surface area contributed by atoms with Crippen molar-refractivity contribution in [1.29, 1.82) is 0 Å². The summed E-state index contributed by atoms with van der Waals surface area (Å²) in [4.78, 5) is 25.5. The van der Waals surface area contributed by atoms with Crippen LogP contribution < -0.4 is 0 Å². The highest BCUT2D eigenvalue weighted by molar-refractivity contribution is 6.34. The second-order valence-corrected chi connectivity index (χ2v) is 3.56. The quantitative estimate of drug-likeness (QED) is 0.640. The number of aliphatic carboxylic acids is 1. The van der Waals surface area contributed by atoms with E-state index in [0.29, 0.717) is 16.7 Å². The molecule has 0 saturated heterocycles. The molecule has 1 aliphatic heterocycles. The Bertz CT molecular complexity index is 562. The fourth-order valence-electron chi connectivity index (χ4n) is 1.28. The molecule has 6 heteroatoms. The van der Waals surface area contributed by atoms with E-state index in [0.717, 1.165) is 0 Å². The maximum atomic E-state index is 11.3. The highest BCUT2D eigenvalue weighted by Crippen LogP contribution is 2.21. The first-order chi connectivity index (χ1) is 8.08. The van der Waals surface area contributed by atoms with Gasteiger partial charge in [0, 0.05) is 0 Å². The zero-order valence-electron chi connectivity index (χ0n) is 8.38. The Kier molecular flexibility index (Phi) is 2.93. The number of carbonyl (C=O) groups is 2. The van der Waals surface area contributed by atoms with Gasteiger partial charge in [-0.3, -0.25) is 0 Å². The van der Waals surface area contributed by atoms with Gasteiger partial charge >= 0.3 is 11.9 Å². The smallest absolute Gasteiger partial charge is 0.364 e. The Balaban J connectivity index is 2.41. The zero-order chi connectivity index (χ0) is 12.4. The normalized spacial score (nSPS) is 16.9. The summed E-state index contributed by atoms with van der Waals surface area (Å²) in [5, 5.41) is 8.89. The van der Waals surface area contributed by atoms with Gasteiger partial charge < -0.3 is 9.84 Å². The number of carbonyl (C=O) groups excluding carboxylic acids is 1. The fraction of sp³-hybridized carbons (Fsp3) is 0. The third-order valence-corrected chi connectivity index (χ3v) is 2.31. The zero-order valence-corrected chi connectivity index (χ0v) is 9.14. The molecule has 1 N–H and O–H groups in total. The largest absolute Gasteiger partial charge is 0.478 e. The number of benzene rings is 1. The molecule has 0 fully saturated rings. The molecular weight excluding hydrogens is 246 g/mol. The van der Waals surface area contributed by atoms with Crippen molar-refractivity contribution in [2.24, 2.45) is 4.99 Å². The van der Waals surface area contributed by atoms with Crippen LogP contribution in [-0.2, 0) is 14.3 Å². The molecule has 86 valence electrons. The van der Waals surface area contributed by atoms with E-state index in [9.17, 15) is 9.59 Å². The molecule has 0 atom stereocenters. The predicted octanol–water partition coefficient (Wildman–Crippen LogP) is 1.61. The molecule has 0 spiro atoms. The molecule has 0 saturated carbocycles. The molecule has 1 heterocycles. The molecule has 0 amide bonds. The Morgan fingerprint density at radius 3 is 2.76 bits per heavy atom. The average Bonchev–Trinajstić information content (AvgIpc) is 2.60. The molecule has 1 aromatic carbocycles. The van der Waals surface area contributed by atoms with Gasteiger partial charge in [-0.15, -0.1) is 0 Å². The predicted molar refractivity (Wildman–Crippen MR) is 59.8 cm³/mol. The SMILES string of the molecule is O=C(O)/C=C1/N=C(c2ccccc2Cl)OC1=O. The van der Waals surface area contributed by atoms with Crippen LogP contribution in [-0.4, -0.2) is 22.9 Å². The van der Waals surface area contributed by atoms with Crippen molar-refractivity contribution in [2.75, 3.05) is 0 Å². The number of hydrogen-bond donors (Lipinski definition) is 1. The summed E-state index contributed by atoms with van der Waals surface area (Å²) in [6.45, 7) is 0. The van der Waals surface area contributed by atoms with Crippen molar-refractivity contribution in [3.8, 4) is 0 Å². The number of carboxylic acids is 1. The molecule has 0 aliphatic carbocycles. The first kappa shape index (κ1) is 11.3. The maximum Gasteiger partial charge on any atom is 0.364 e. The minimum absolute atomic E-state index is 0.00750. The number of carboxylic acid groups (broad SMARTS) is 1. The lowest BCUT2D eigenvalue weighted by atomic mass is 10.2. The van der Waals surface area contributed by atoms with Crippen LogP contribution in [0.15, 0.2) is 41.0 Å². The number of rotatable bonds is 2. The van der Waals surface area contributed by atoms with Gasteiger partial charge in [0.1, 0.15) is 0 Å². The van der Waals surface area contributed by atoms with Crippen LogP contribution >= 0.6 is 11.6 Å². The summed E-state index contributed by atoms with van der Waals surface area (Å²) in [5.41, 5.74) is 0.184. The van der Waals surface area contributed by atoms with Gasteiger partial charge in [-0.25, -0.2) is 14.6 Å². The number of hydrogen-bond acceptors (Lipinski definition) is 4. The van der Waals surface area contributed by atoms with Crippen molar-refractivity contribution in [3.63, 3.8) is 0 Å². The van der Waals surface area contributed by atoms with Crippen LogP contribution in [0.25, 0.3) is 0 Å². The lowest BCUT2D eigenvalue weighted by Crippen LogP contribution is -2.06. The minimum Gasteiger partial charge on any atom is -0.478 e. The van der Waals surface area contributed by atoms with Gasteiger partial charge in [0.2, 0.25) is 5.90 Å². The Labute approximate surface area is 101 Å². The fourth-order valence-corrected chi connectivity index (χ4v) is 1.49. The number of aliphatic imine (C=N–C) groups is 1. The van der Waals surface area contributed by atoms with E-state index in [1.54, 1.807) is 24.3 Å². The Morgan fingerprint density at radius 1 is 1.41 bits per heavy atom. The van der Waals surface area contributed by atoms with E-state index in [1.807, 2.05) is 0 Å². The van der Waals surface area contributed by atoms with Crippen LogP contribution in [0.1, 0.15) is 5.56 Å². The lowest BCUT2D eigenvalue weighted by Gasteiger charge is -2.00. The maximum absolute atomic E-state index is 11.3. The summed E-state index contributed by atoms with van der Waals surface area (Å²) in [7, 11) is 0. The molecule has 1 aromatic rings. The van der Waals surface area contributed by atoms with Crippen LogP contribution in [0.4, 0.5) is 0 Å². The summed E-state index contributed by atoms with van der Waals surface area (Å²) in [5.74, 6) is -2.06. The third kappa shape index (κ3) is 2.34. The van der Waals surface area contributed by atoms with Crippen molar-refractivity contribution in [1.82, 2.24) is 0 Å². The van der Waals surface area contributed by atoms with E-state index in [1.165, 1.54) is 0 Å². The number of cyclic esters (lactones) is 1. The van der Waals surface area contributed by atoms with E-state index in [2.05, 4.69) is 4.99 Å². The minimum atomic E-state index is -1.26. The topological polar surface area (TPSA) is 76.0 Å². The van der Waals surface area contributed by atoms with Crippen LogP contribution in [0.3, 0.4) is 0 Å². The molecule has 5 nitrogen and oxygen atoms in total.